The first kappa shape index (κ1) is 17.9. The van der Waals surface area contributed by atoms with Gasteiger partial charge in [0, 0.05) is 32.7 Å². The lowest BCUT2D eigenvalue weighted by molar-refractivity contribution is -0.0780. The summed E-state index contributed by atoms with van der Waals surface area (Å²) >= 11 is 0. The lowest BCUT2D eigenvalue weighted by Gasteiger charge is -2.37. The predicted molar refractivity (Wildman–Crippen MR) is 84.0 cm³/mol. The van der Waals surface area contributed by atoms with Gasteiger partial charge in [-0.2, -0.15) is 0 Å². The van der Waals surface area contributed by atoms with Crippen molar-refractivity contribution in [3.05, 3.63) is 0 Å². The molecule has 0 aromatic rings. The van der Waals surface area contributed by atoms with Gasteiger partial charge in [0.25, 0.3) is 0 Å². The van der Waals surface area contributed by atoms with E-state index < -0.39 is 0 Å². The van der Waals surface area contributed by atoms with Crippen molar-refractivity contribution in [2.24, 2.45) is 5.92 Å². The van der Waals surface area contributed by atoms with E-state index in [1.807, 2.05) is 0 Å². The van der Waals surface area contributed by atoms with Gasteiger partial charge in [0.05, 0.1) is 18.3 Å². The fraction of sp³-hybridized carbons (Fsp3) is 1.00. The van der Waals surface area contributed by atoms with Crippen LogP contribution in [0.4, 0.5) is 0 Å². The van der Waals surface area contributed by atoms with E-state index in [1.165, 1.54) is 6.42 Å². The number of likely N-dealkylation sites (N-methyl/N-ethyl adjacent to an activating group) is 1. The molecule has 4 heteroatoms. The van der Waals surface area contributed by atoms with E-state index >= 15 is 0 Å². The van der Waals surface area contributed by atoms with Gasteiger partial charge in [0.2, 0.25) is 0 Å². The lowest BCUT2D eigenvalue weighted by Crippen LogP contribution is -2.49. The van der Waals surface area contributed by atoms with Crippen molar-refractivity contribution in [2.75, 3.05) is 39.3 Å². The Hall–Kier alpha value is -0.160. The Labute approximate surface area is 125 Å². The lowest BCUT2D eigenvalue weighted by atomic mass is 10.1. The van der Waals surface area contributed by atoms with Crippen LogP contribution in [-0.2, 0) is 4.74 Å². The van der Waals surface area contributed by atoms with Gasteiger partial charge in [0.1, 0.15) is 0 Å². The first-order valence-electron chi connectivity index (χ1n) is 8.22. The number of hydrogen-bond donors (Lipinski definition) is 1. The second kappa shape index (κ2) is 8.98. The number of nitrogens with zero attached hydrogens (tertiary/aromatic N) is 2. The molecule has 20 heavy (non-hydrogen) atoms. The Morgan fingerprint density at radius 3 is 2.30 bits per heavy atom. The maximum Gasteiger partial charge on any atom is 0.0793 e. The third-order valence-electron chi connectivity index (χ3n) is 4.15. The molecule has 4 atom stereocenters. The van der Waals surface area contributed by atoms with Crippen LogP contribution >= 0.6 is 0 Å². The Morgan fingerprint density at radius 1 is 1.20 bits per heavy atom. The van der Waals surface area contributed by atoms with Crippen LogP contribution in [0.15, 0.2) is 0 Å². The van der Waals surface area contributed by atoms with Gasteiger partial charge in [-0.3, -0.25) is 4.90 Å². The average Bonchev–Trinajstić information content (AvgIpc) is 2.36. The quantitative estimate of drug-likeness (QED) is 0.738. The number of hydrogen-bond acceptors (Lipinski definition) is 4. The summed E-state index contributed by atoms with van der Waals surface area (Å²) < 4.78 is 5.73. The second-order valence-electron chi connectivity index (χ2n) is 6.50. The number of aliphatic hydroxyl groups excluding tert-OH is 1. The van der Waals surface area contributed by atoms with Gasteiger partial charge >= 0.3 is 0 Å². The molecule has 0 aliphatic carbocycles. The summed E-state index contributed by atoms with van der Waals surface area (Å²) in [5.41, 5.74) is 0. The molecule has 0 aromatic heterocycles. The van der Waals surface area contributed by atoms with Crippen LogP contribution in [0, 0.1) is 5.92 Å². The van der Waals surface area contributed by atoms with E-state index in [4.69, 9.17) is 4.74 Å². The molecule has 1 aliphatic heterocycles. The summed E-state index contributed by atoms with van der Waals surface area (Å²) in [5, 5.41) is 10.3. The monoisotopic (exact) mass is 286 g/mol. The summed E-state index contributed by atoms with van der Waals surface area (Å²) in [6.07, 6.45) is 1.48. The van der Waals surface area contributed by atoms with Crippen molar-refractivity contribution in [2.45, 2.75) is 59.4 Å². The van der Waals surface area contributed by atoms with Crippen LogP contribution in [0.3, 0.4) is 0 Å². The molecule has 120 valence electrons. The first-order chi connectivity index (χ1) is 9.44. The molecule has 4 unspecified atom stereocenters. The molecular weight excluding hydrogens is 252 g/mol. The van der Waals surface area contributed by atoms with Crippen LogP contribution in [0.25, 0.3) is 0 Å². The highest BCUT2D eigenvalue weighted by Gasteiger charge is 2.24. The smallest absolute Gasteiger partial charge is 0.0793 e. The van der Waals surface area contributed by atoms with Crippen LogP contribution in [-0.4, -0.2) is 72.5 Å². The van der Waals surface area contributed by atoms with Crippen LogP contribution in [0.5, 0.6) is 0 Å². The normalized spacial score (nSPS) is 27.8. The topological polar surface area (TPSA) is 35.9 Å². The molecule has 0 spiro atoms. The molecule has 4 nitrogen and oxygen atoms in total. The molecule has 1 heterocycles. The number of morpholine rings is 1. The minimum Gasteiger partial charge on any atom is -0.390 e. The molecule has 0 radical (unpaired) electrons. The summed E-state index contributed by atoms with van der Waals surface area (Å²) in [6.45, 7) is 16.4. The molecule has 1 saturated heterocycles. The van der Waals surface area contributed by atoms with Crippen molar-refractivity contribution in [3.8, 4) is 0 Å². The van der Waals surface area contributed by atoms with Crippen LogP contribution < -0.4 is 0 Å². The van der Waals surface area contributed by atoms with Crippen molar-refractivity contribution < 1.29 is 9.84 Å². The Balaban J connectivity index is 2.35. The molecule has 1 rings (SSSR count). The van der Waals surface area contributed by atoms with E-state index in [1.54, 1.807) is 0 Å². The summed E-state index contributed by atoms with van der Waals surface area (Å²) in [7, 11) is 0. The molecule has 0 bridgehead atoms. The Bertz CT molecular complexity index is 253. The van der Waals surface area contributed by atoms with Gasteiger partial charge < -0.3 is 14.7 Å². The fourth-order valence-corrected chi connectivity index (χ4v) is 2.99. The molecule has 1 N–H and O–H groups in total. The molecule has 0 aromatic carbocycles. The van der Waals surface area contributed by atoms with Crippen LogP contribution in [0.1, 0.15) is 41.0 Å². The van der Waals surface area contributed by atoms with Crippen LogP contribution in [0.2, 0.25) is 0 Å². The van der Waals surface area contributed by atoms with Gasteiger partial charge in [0.15, 0.2) is 0 Å². The highest BCUT2D eigenvalue weighted by atomic mass is 16.5. The average molecular weight is 286 g/mol. The van der Waals surface area contributed by atoms with Crippen molar-refractivity contribution in [1.29, 1.82) is 0 Å². The zero-order valence-corrected chi connectivity index (χ0v) is 14.0. The van der Waals surface area contributed by atoms with E-state index in [9.17, 15) is 5.11 Å². The van der Waals surface area contributed by atoms with Crippen molar-refractivity contribution in [3.63, 3.8) is 0 Å². The standard InChI is InChI=1S/C16H34N2O2/c1-6-13(3)8-17(7-2)11-16(19)12-18-9-14(4)20-15(5)10-18/h13-16,19H,6-12H2,1-5H3. The van der Waals surface area contributed by atoms with E-state index in [-0.39, 0.29) is 18.3 Å². The van der Waals surface area contributed by atoms with E-state index in [2.05, 4.69) is 44.4 Å². The Kier molecular flexibility index (Phi) is 8.03. The molecule has 0 amide bonds. The Morgan fingerprint density at radius 2 is 1.80 bits per heavy atom. The highest BCUT2D eigenvalue weighted by Crippen LogP contribution is 2.11. The molecule has 0 saturated carbocycles. The van der Waals surface area contributed by atoms with Gasteiger partial charge in [-0.05, 0) is 26.3 Å². The zero-order valence-electron chi connectivity index (χ0n) is 14.0. The third-order valence-corrected chi connectivity index (χ3v) is 4.15. The van der Waals surface area contributed by atoms with E-state index in [0.29, 0.717) is 5.92 Å². The predicted octanol–water partition coefficient (Wildman–Crippen LogP) is 1.82. The number of ether oxygens (including phenoxy) is 1. The maximum absolute atomic E-state index is 10.3. The SMILES string of the molecule is CCC(C)CN(CC)CC(O)CN1CC(C)OC(C)C1. The number of aliphatic hydroxyl groups is 1. The molecule has 1 fully saturated rings. The van der Waals surface area contributed by atoms with E-state index in [0.717, 1.165) is 39.3 Å². The number of rotatable bonds is 8. The van der Waals surface area contributed by atoms with Gasteiger partial charge in [-0.15, -0.1) is 0 Å². The fourth-order valence-electron chi connectivity index (χ4n) is 2.99. The minimum absolute atomic E-state index is 0.267. The summed E-state index contributed by atoms with van der Waals surface area (Å²) in [5.74, 6) is 0.700. The summed E-state index contributed by atoms with van der Waals surface area (Å²) in [4.78, 5) is 4.70. The van der Waals surface area contributed by atoms with Crippen molar-refractivity contribution in [1.82, 2.24) is 9.80 Å². The van der Waals surface area contributed by atoms with Gasteiger partial charge in [-0.1, -0.05) is 27.2 Å². The largest absolute Gasteiger partial charge is 0.390 e. The maximum atomic E-state index is 10.3. The summed E-state index contributed by atoms with van der Waals surface area (Å²) in [6, 6.07) is 0. The second-order valence-corrected chi connectivity index (χ2v) is 6.50. The van der Waals surface area contributed by atoms with Gasteiger partial charge in [-0.25, -0.2) is 0 Å². The van der Waals surface area contributed by atoms with Crippen molar-refractivity contribution >= 4 is 0 Å². The molecule has 1 aliphatic rings. The highest BCUT2D eigenvalue weighted by molar-refractivity contribution is 4.77. The number of β-amino-alcohol motifs (C(OH)–C–C–N with tert-alkyl or cyclic N) is 1. The zero-order chi connectivity index (χ0) is 15.1. The first-order valence-corrected chi connectivity index (χ1v) is 8.22. The third kappa shape index (κ3) is 6.53. The minimum atomic E-state index is -0.267. The molecular formula is C16H34N2O2.